The molecule has 0 spiro atoms. The molecule has 2 rings (SSSR count). The highest BCUT2D eigenvalue weighted by atomic mass is 16.5. The van der Waals surface area contributed by atoms with Crippen LogP contribution in [0, 0.1) is 0 Å². The van der Waals surface area contributed by atoms with Gasteiger partial charge in [-0.05, 0) is 44.5 Å². The van der Waals surface area contributed by atoms with Gasteiger partial charge in [0.1, 0.15) is 6.10 Å². The second-order valence-corrected chi connectivity index (χ2v) is 6.11. The molecule has 0 saturated heterocycles. The van der Waals surface area contributed by atoms with E-state index in [1.54, 1.807) is 24.5 Å². The first-order chi connectivity index (χ1) is 12.1. The standard InChI is InChI=1S/C20H25N3O2/c1-4-5-8-19(15-23(3)14-17-7-6-11-21-12-17)25-20-10-9-18(13-22-20)16(2)24/h4,6-7,9-13,19H,1,5,8,14-15H2,2-3H3. The maximum Gasteiger partial charge on any atom is 0.213 e. The van der Waals surface area contributed by atoms with Crippen molar-refractivity contribution < 1.29 is 9.53 Å². The zero-order valence-corrected chi connectivity index (χ0v) is 14.9. The smallest absolute Gasteiger partial charge is 0.213 e. The third kappa shape index (κ3) is 6.47. The van der Waals surface area contributed by atoms with Crippen LogP contribution in [0.2, 0.25) is 0 Å². The molecule has 0 saturated carbocycles. The molecule has 0 N–H and O–H groups in total. The van der Waals surface area contributed by atoms with Crippen LogP contribution < -0.4 is 4.74 Å². The third-order valence-corrected chi connectivity index (χ3v) is 3.81. The van der Waals surface area contributed by atoms with Crippen LogP contribution in [0.3, 0.4) is 0 Å². The molecule has 0 aromatic carbocycles. The van der Waals surface area contributed by atoms with E-state index in [4.69, 9.17) is 4.74 Å². The van der Waals surface area contributed by atoms with E-state index in [2.05, 4.69) is 34.6 Å². The fourth-order valence-corrected chi connectivity index (χ4v) is 2.54. The van der Waals surface area contributed by atoms with Crippen molar-refractivity contribution in [3.8, 4) is 5.88 Å². The molecule has 0 fully saturated rings. The monoisotopic (exact) mass is 339 g/mol. The fraction of sp³-hybridized carbons (Fsp3) is 0.350. The molecule has 1 unspecified atom stereocenters. The lowest BCUT2D eigenvalue weighted by Crippen LogP contribution is -2.33. The Hall–Kier alpha value is -2.53. The Morgan fingerprint density at radius 2 is 2.20 bits per heavy atom. The highest BCUT2D eigenvalue weighted by Crippen LogP contribution is 2.14. The third-order valence-electron chi connectivity index (χ3n) is 3.81. The summed E-state index contributed by atoms with van der Waals surface area (Å²) >= 11 is 0. The number of aromatic nitrogens is 2. The van der Waals surface area contributed by atoms with Gasteiger partial charge in [0.15, 0.2) is 5.78 Å². The summed E-state index contributed by atoms with van der Waals surface area (Å²) in [5.41, 5.74) is 1.75. The number of ether oxygens (including phenoxy) is 1. The molecule has 5 nitrogen and oxygen atoms in total. The van der Waals surface area contributed by atoms with Crippen molar-refractivity contribution in [1.29, 1.82) is 0 Å². The Bertz CT molecular complexity index is 671. The summed E-state index contributed by atoms with van der Waals surface area (Å²) in [5, 5.41) is 0. The summed E-state index contributed by atoms with van der Waals surface area (Å²) in [4.78, 5) is 21.9. The number of likely N-dealkylation sites (N-methyl/N-ethyl adjacent to an activating group) is 1. The van der Waals surface area contributed by atoms with Crippen molar-refractivity contribution in [1.82, 2.24) is 14.9 Å². The lowest BCUT2D eigenvalue weighted by Gasteiger charge is -2.24. The van der Waals surface area contributed by atoms with Gasteiger partial charge < -0.3 is 4.74 Å². The summed E-state index contributed by atoms with van der Waals surface area (Å²) < 4.78 is 6.03. The number of rotatable bonds is 10. The Balaban J connectivity index is 1.97. The van der Waals surface area contributed by atoms with Gasteiger partial charge in [-0.1, -0.05) is 12.1 Å². The van der Waals surface area contributed by atoms with Crippen LogP contribution in [0.5, 0.6) is 5.88 Å². The van der Waals surface area contributed by atoms with Crippen molar-refractivity contribution in [3.63, 3.8) is 0 Å². The van der Waals surface area contributed by atoms with Crippen molar-refractivity contribution >= 4 is 5.78 Å². The number of Topliss-reactive ketones (excluding diaryl/α,β-unsaturated/α-hetero) is 1. The van der Waals surface area contributed by atoms with Gasteiger partial charge >= 0.3 is 0 Å². The molecule has 132 valence electrons. The second-order valence-electron chi connectivity index (χ2n) is 6.11. The summed E-state index contributed by atoms with van der Waals surface area (Å²) in [7, 11) is 2.06. The van der Waals surface area contributed by atoms with Gasteiger partial charge in [0.25, 0.3) is 0 Å². The minimum atomic E-state index is -0.00431. The Morgan fingerprint density at radius 1 is 1.36 bits per heavy atom. The number of pyridine rings is 2. The van der Waals surface area contributed by atoms with Crippen molar-refractivity contribution in [2.45, 2.75) is 32.4 Å². The largest absolute Gasteiger partial charge is 0.473 e. The maximum atomic E-state index is 11.3. The van der Waals surface area contributed by atoms with E-state index in [9.17, 15) is 4.79 Å². The van der Waals surface area contributed by atoms with E-state index < -0.39 is 0 Å². The molecule has 2 heterocycles. The van der Waals surface area contributed by atoms with Gasteiger partial charge in [-0.15, -0.1) is 6.58 Å². The number of allylic oxidation sites excluding steroid dienone is 1. The van der Waals surface area contributed by atoms with Crippen molar-refractivity contribution in [3.05, 3.63) is 66.6 Å². The van der Waals surface area contributed by atoms with Gasteiger partial charge in [-0.25, -0.2) is 4.98 Å². The lowest BCUT2D eigenvalue weighted by atomic mass is 10.1. The van der Waals surface area contributed by atoms with Crippen molar-refractivity contribution in [2.75, 3.05) is 13.6 Å². The number of hydrogen-bond donors (Lipinski definition) is 0. The van der Waals surface area contributed by atoms with Crippen LogP contribution in [0.15, 0.2) is 55.5 Å². The average molecular weight is 339 g/mol. The number of nitrogens with zero attached hydrogens (tertiary/aromatic N) is 3. The molecule has 0 amide bonds. The number of ketones is 1. The molecule has 1 atom stereocenters. The molecule has 0 radical (unpaired) electrons. The quantitative estimate of drug-likeness (QED) is 0.490. The zero-order chi connectivity index (χ0) is 18.1. The summed E-state index contributed by atoms with van der Waals surface area (Å²) in [6, 6.07) is 7.49. The van der Waals surface area contributed by atoms with Crippen LogP contribution in [0.4, 0.5) is 0 Å². The predicted octanol–water partition coefficient (Wildman–Crippen LogP) is 3.52. The van der Waals surface area contributed by atoms with Crippen LogP contribution >= 0.6 is 0 Å². The van der Waals surface area contributed by atoms with Gasteiger partial charge in [-0.2, -0.15) is 0 Å². The van der Waals surface area contributed by atoms with E-state index >= 15 is 0 Å². The van der Waals surface area contributed by atoms with E-state index in [0.717, 1.165) is 31.5 Å². The zero-order valence-electron chi connectivity index (χ0n) is 14.9. The topological polar surface area (TPSA) is 55.3 Å². The van der Waals surface area contributed by atoms with Gasteiger partial charge in [0.05, 0.1) is 0 Å². The average Bonchev–Trinajstić information content (AvgIpc) is 2.61. The SMILES string of the molecule is C=CCCC(CN(C)Cc1cccnc1)Oc1ccc(C(C)=O)cn1. The lowest BCUT2D eigenvalue weighted by molar-refractivity contribution is 0.101. The molecular formula is C20H25N3O2. The van der Waals surface area contributed by atoms with Crippen LogP contribution in [0.1, 0.15) is 35.7 Å². The van der Waals surface area contributed by atoms with Crippen LogP contribution in [-0.4, -0.2) is 40.3 Å². The first kappa shape index (κ1) is 18.8. The Kier molecular flexibility index (Phi) is 7.29. The number of carbonyl (C=O) groups excluding carboxylic acids is 1. The van der Waals surface area contributed by atoms with Crippen LogP contribution in [-0.2, 0) is 6.54 Å². The highest BCUT2D eigenvalue weighted by molar-refractivity contribution is 5.93. The summed E-state index contributed by atoms with van der Waals surface area (Å²) in [6.45, 7) is 6.88. The molecular weight excluding hydrogens is 314 g/mol. The first-order valence-electron chi connectivity index (χ1n) is 8.40. The molecule has 25 heavy (non-hydrogen) atoms. The van der Waals surface area contributed by atoms with E-state index in [-0.39, 0.29) is 11.9 Å². The van der Waals surface area contributed by atoms with E-state index in [0.29, 0.717) is 11.4 Å². The van der Waals surface area contributed by atoms with E-state index in [1.165, 1.54) is 6.92 Å². The molecule has 0 aliphatic heterocycles. The molecule has 0 aliphatic rings. The molecule has 5 heteroatoms. The second kappa shape index (κ2) is 9.69. The minimum Gasteiger partial charge on any atom is -0.473 e. The maximum absolute atomic E-state index is 11.3. The molecule has 2 aromatic heterocycles. The Morgan fingerprint density at radius 3 is 2.80 bits per heavy atom. The number of hydrogen-bond acceptors (Lipinski definition) is 5. The minimum absolute atomic E-state index is 0.00142. The van der Waals surface area contributed by atoms with Crippen molar-refractivity contribution in [2.24, 2.45) is 0 Å². The normalized spacial score (nSPS) is 12.0. The van der Waals surface area contributed by atoms with Gasteiger partial charge in [0.2, 0.25) is 5.88 Å². The Labute approximate surface area is 149 Å². The van der Waals surface area contributed by atoms with Gasteiger partial charge in [-0.3, -0.25) is 14.7 Å². The molecule has 2 aromatic rings. The predicted molar refractivity (Wildman–Crippen MR) is 98.7 cm³/mol. The number of carbonyl (C=O) groups is 1. The van der Waals surface area contributed by atoms with Crippen LogP contribution in [0.25, 0.3) is 0 Å². The summed E-state index contributed by atoms with van der Waals surface area (Å²) in [5.74, 6) is 0.535. The molecule has 0 bridgehead atoms. The first-order valence-corrected chi connectivity index (χ1v) is 8.40. The summed E-state index contributed by atoms with van der Waals surface area (Å²) in [6.07, 6.45) is 8.82. The fourth-order valence-electron chi connectivity index (χ4n) is 2.54. The molecule has 0 aliphatic carbocycles. The highest BCUT2D eigenvalue weighted by Gasteiger charge is 2.14. The van der Waals surface area contributed by atoms with E-state index in [1.807, 2.05) is 18.3 Å². The van der Waals surface area contributed by atoms with Gasteiger partial charge in [0, 0.05) is 43.3 Å².